The molecule has 1 amide bonds. The zero-order valence-corrected chi connectivity index (χ0v) is 13.4. The molecule has 1 aromatic heterocycles. The average Bonchev–Trinajstić information content (AvgIpc) is 3.08. The van der Waals surface area contributed by atoms with Crippen LogP contribution in [0.15, 0.2) is 30.3 Å². The molecule has 0 saturated carbocycles. The highest BCUT2D eigenvalue weighted by Crippen LogP contribution is 2.13. The van der Waals surface area contributed by atoms with E-state index in [9.17, 15) is 4.79 Å². The van der Waals surface area contributed by atoms with E-state index < -0.39 is 6.04 Å². The molecular weight excluding hydrogens is 296 g/mol. The zero-order chi connectivity index (χ0) is 16.5. The van der Waals surface area contributed by atoms with E-state index in [-0.39, 0.29) is 5.91 Å². The highest BCUT2D eigenvalue weighted by Gasteiger charge is 2.18. The fraction of sp³-hybridized carbons (Fsp3) is 0.467. The molecule has 8 heteroatoms. The van der Waals surface area contributed by atoms with Crippen LogP contribution in [-0.2, 0) is 9.53 Å². The third-order valence-electron chi connectivity index (χ3n) is 3.27. The summed E-state index contributed by atoms with van der Waals surface area (Å²) in [5, 5.41) is 18.2. The lowest BCUT2D eigenvalue weighted by atomic mass is 10.2. The maximum absolute atomic E-state index is 12.1. The van der Waals surface area contributed by atoms with Crippen molar-refractivity contribution in [2.75, 3.05) is 33.4 Å². The number of ether oxygens (including phenoxy) is 1. The number of methoxy groups -OCH3 is 1. The van der Waals surface area contributed by atoms with E-state index in [4.69, 9.17) is 4.74 Å². The van der Waals surface area contributed by atoms with Crippen LogP contribution in [0.2, 0.25) is 0 Å². The molecule has 8 nitrogen and oxygen atoms in total. The summed E-state index contributed by atoms with van der Waals surface area (Å²) in [4.78, 5) is 13.4. The van der Waals surface area contributed by atoms with E-state index in [0.717, 1.165) is 12.1 Å². The Balaban J connectivity index is 1.82. The maximum atomic E-state index is 12.1. The predicted molar refractivity (Wildman–Crippen MR) is 85.7 cm³/mol. The number of aromatic nitrogens is 4. The molecule has 0 aliphatic heterocycles. The van der Waals surface area contributed by atoms with Gasteiger partial charge in [-0.2, -0.15) is 4.80 Å². The molecule has 0 radical (unpaired) electrons. The van der Waals surface area contributed by atoms with E-state index in [0.29, 0.717) is 25.5 Å². The lowest BCUT2D eigenvalue weighted by Crippen LogP contribution is -2.37. The summed E-state index contributed by atoms with van der Waals surface area (Å²) in [6, 6.07) is 9.02. The second kappa shape index (κ2) is 8.96. The molecule has 0 aliphatic carbocycles. The highest BCUT2D eigenvalue weighted by atomic mass is 16.5. The Morgan fingerprint density at radius 3 is 2.78 bits per heavy atom. The Kier molecular flexibility index (Phi) is 6.64. The molecule has 0 spiro atoms. The summed E-state index contributed by atoms with van der Waals surface area (Å²) in [6.07, 6.45) is 0. The number of rotatable bonds is 9. The summed E-state index contributed by atoms with van der Waals surface area (Å²) in [5.74, 6) is 0.363. The van der Waals surface area contributed by atoms with Crippen LogP contribution in [0.25, 0.3) is 11.4 Å². The Hall–Kier alpha value is -2.32. The second-order valence-electron chi connectivity index (χ2n) is 5.01. The van der Waals surface area contributed by atoms with Crippen molar-refractivity contribution in [3.05, 3.63) is 30.3 Å². The number of hydrogen-bond acceptors (Lipinski definition) is 6. The average molecular weight is 318 g/mol. The van der Waals surface area contributed by atoms with Crippen LogP contribution in [0, 0.1) is 0 Å². The zero-order valence-electron chi connectivity index (χ0n) is 13.4. The number of carbonyl (C=O) groups excluding carboxylic acids is 1. The quantitative estimate of drug-likeness (QED) is 0.644. The van der Waals surface area contributed by atoms with Crippen molar-refractivity contribution in [3.8, 4) is 11.4 Å². The van der Waals surface area contributed by atoms with E-state index in [1.54, 1.807) is 14.0 Å². The fourth-order valence-corrected chi connectivity index (χ4v) is 1.92. The van der Waals surface area contributed by atoms with Crippen molar-refractivity contribution in [2.24, 2.45) is 0 Å². The number of amides is 1. The number of tetrazole rings is 1. The van der Waals surface area contributed by atoms with Gasteiger partial charge in [-0.25, -0.2) is 0 Å². The van der Waals surface area contributed by atoms with Gasteiger partial charge in [-0.15, -0.1) is 10.2 Å². The second-order valence-corrected chi connectivity index (χ2v) is 5.01. The van der Waals surface area contributed by atoms with Crippen molar-refractivity contribution in [1.29, 1.82) is 0 Å². The summed E-state index contributed by atoms with van der Waals surface area (Å²) < 4.78 is 4.93. The minimum atomic E-state index is -0.515. The van der Waals surface area contributed by atoms with Crippen molar-refractivity contribution >= 4 is 5.91 Å². The van der Waals surface area contributed by atoms with Crippen molar-refractivity contribution in [1.82, 2.24) is 30.8 Å². The van der Waals surface area contributed by atoms with Crippen LogP contribution in [0.4, 0.5) is 0 Å². The minimum Gasteiger partial charge on any atom is -0.383 e. The SMILES string of the molecule is COCCNCCNC(=O)C(C)n1nnc(-c2ccccc2)n1. The molecule has 0 saturated heterocycles. The fourth-order valence-electron chi connectivity index (χ4n) is 1.92. The van der Waals surface area contributed by atoms with Crippen molar-refractivity contribution in [2.45, 2.75) is 13.0 Å². The van der Waals surface area contributed by atoms with Crippen LogP contribution in [0.5, 0.6) is 0 Å². The summed E-state index contributed by atoms with van der Waals surface area (Å²) >= 11 is 0. The molecule has 1 aromatic carbocycles. The normalized spacial score (nSPS) is 12.1. The largest absolute Gasteiger partial charge is 0.383 e. The molecule has 2 N–H and O–H groups in total. The van der Waals surface area contributed by atoms with Crippen LogP contribution in [0.1, 0.15) is 13.0 Å². The molecule has 0 fully saturated rings. The first-order valence-electron chi connectivity index (χ1n) is 7.54. The van der Waals surface area contributed by atoms with E-state index in [1.807, 2.05) is 30.3 Å². The number of nitrogens with one attached hydrogen (secondary N) is 2. The van der Waals surface area contributed by atoms with Gasteiger partial charge in [0.2, 0.25) is 11.7 Å². The highest BCUT2D eigenvalue weighted by molar-refractivity contribution is 5.79. The lowest BCUT2D eigenvalue weighted by molar-refractivity contribution is -0.124. The van der Waals surface area contributed by atoms with Gasteiger partial charge in [-0.3, -0.25) is 4.79 Å². The summed E-state index contributed by atoms with van der Waals surface area (Å²) in [7, 11) is 1.65. The van der Waals surface area contributed by atoms with Crippen LogP contribution in [-0.4, -0.2) is 59.5 Å². The first-order valence-corrected chi connectivity index (χ1v) is 7.54. The summed E-state index contributed by atoms with van der Waals surface area (Å²) in [6.45, 7) is 4.36. The molecule has 2 rings (SSSR count). The van der Waals surface area contributed by atoms with Gasteiger partial charge >= 0.3 is 0 Å². The first-order chi connectivity index (χ1) is 11.2. The molecule has 1 unspecified atom stereocenters. The lowest BCUT2D eigenvalue weighted by Gasteiger charge is -2.11. The molecular formula is C15H22N6O2. The Labute approximate surface area is 135 Å². The number of carbonyl (C=O) groups is 1. The van der Waals surface area contributed by atoms with Crippen LogP contribution >= 0.6 is 0 Å². The predicted octanol–water partition coefficient (Wildman–Crippen LogP) is 0.253. The van der Waals surface area contributed by atoms with Gasteiger partial charge in [-0.1, -0.05) is 30.3 Å². The van der Waals surface area contributed by atoms with Gasteiger partial charge in [0.25, 0.3) is 0 Å². The van der Waals surface area contributed by atoms with Crippen molar-refractivity contribution < 1.29 is 9.53 Å². The molecule has 2 aromatic rings. The van der Waals surface area contributed by atoms with E-state index in [2.05, 4.69) is 26.0 Å². The Morgan fingerprint density at radius 2 is 2.04 bits per heavy atom. The topological polar surface area (TPSA) is 94.0 Å². The van der Waals surface area contributed by atoms with Gasteiger partial charge in [0, 0.05) is 32.3 Å². The maximum Gasteiger partial charge on any atom is 0.246 e. The van der Waals surface area contributed by atoms with Gasteiger partial charge in [0.15, 0.2) is 0 Å². The van der Waals surface area contributed by atoms with Crippen molar-refractivity contribution in [3.63, 3.8) is 0 Å². The smallest absolute Gasteiger partial charge is 0.246 e. The van der Waals surface area contributed by atoms with E-state index >= 15 is 0 Å². The minimum absolute atomic E-state index is 0.143. The molecule has 0 aliphatic rings. The number of nitrogens with zero attached hydrogens (tertiary/aromatic N) is 4. The standard InChI is InChI=1S/C15H22N6O2/c1-12(15(22)17-9-8-16-10-11-23-2)21-19-14(18-20-21)13-6-4-3-5-7-13/h3-7,12,16H,8-11H2,1-2H3,(H,17,22). The number of benzene rings is 1. The first kappa shape index (κ1) is 17.0. The van der Waals surface area contributed by atoms with Gasteiger partial charge < -0.3 is 15.4 Å². The molecule has 0 bridgehead atoms. The number of hydrogen-bond donors (Lipinski definition) is 2. The molecule has 23 heavy (non-hydrogen) atoms. The van der Waals surface area contributed by atoms with Gasteiger partial charge in [0.1, 0.15) is 6.04 Å². The third-order valence-corrected chi connectivity index (χ3v) is 3.27. The monoisotopic (exact) mass is 318 g/mol. The van der Waals surface area contributed by atoms with E-state index in [1.165, 1.54) is 4.80 Å². The molecule has 124 valence electrons. The van der Waals surface area contributed by atoms with Gasteiger partial charge in [-0.05, 0) is 12.1 Å². The van der Waals surface area contributed by atoms with Gasteiger partial charge in [0.05, 0.1) is 6.61 Å². The van der Waals surface area contributed by atoms with Crippen LogP contribution in [0.3, 0.4) is 0 Å². The van der Waals surface area contributed by atoms with Crippen LogP contribution < -0.4 is 10.6 Å². The third kappa shape index (κ3) is 5.11. The molecule has 1 atom stereocenters. The molecule has 1 heterocycles. The Morgan fingerprint density at radius 1 is 1.26 bits per heavy atom. The summed E-state index contributed by atoms with van der Waals surface area (Å²) in [5.41, 5.74) is 0.869. The Bertz CT molecular complexity index is 601.